The van der Waals surface area contributed by atoms with E-state index in [2.05, 4.69) is 10.3 Å². The van der Waals surface area contributed by atoms with Crippen LogP contribution >= 0.6 is 23.1 Å². The van der Waals surface area contributed by atoms with Crippen molar-refractivity contribution in [1.82, 2.24) is 10.3 Å². The topological polar surface area (TPSA) is 77.5 Å². The largest absolute Gasteiger partial charge is 0.454 e. The molecule has 0 saturated heterocycles. The molecule has 1 N–H and O–H groups in total. The van der Waals surface area contributed by atoms with Gasteiger partial charge in [0, 0.05) is 17.5 Å². The average molecular weight is 364 g/mol. The zero-order chi connectivity index (χ0) is 16.9. The zero-order valence-corrected chi connectivity index (χ0v) is 14.7. The molecule has 1 amide bonds. The standard InChI is InChI=1S/C16H16N2O4S2/c1-2-17-15(20)6-11-7-23-16(18-11)24-8-12(19)10-3-4-13-14(5-10)22-9-21-13/h3-5,7H,2,6,8-9H2,1H3,(H,17,20). The highest BCUT2D eigenvalue weighted by Crippen LogP contribution is 2.33. The number of amides is 1. The number of ether oxygens (including phenoxy) is 2. The number of carbonyl (C=O) groups is 2. The van der Waals surface area contributed by atoms with E-state index >= 15 is 0 Å². The first-order valence-corrected chi connectivity index (χ1v) is 9.29. The van der Waals surface area contributed by atoms with Crippen LogP contribution in [-0.4, -0.2) is 35.8 Å². The maximum atomic E-state index is 12.3. The fraction of sp³-hybridized carbons (Fsp3) is 0.312. The Morgan fingerprint density at radius 2 is 2.17 bits per heavy atom. The summed E-state index contributed by atoms with van der Waals surface area (Å²) in [5.74, 6) is 1.50. The van der Waals surface area contributed by atoms with E-state index in [9.17, 15) is 9.59 Å². The molecule has 0 radical (unpaired) electrons. The highest BCUT2D eigenvalue weighted by atomic mass is 32.2. The van der Waals surface area contributed by atoms with Crippen molar-refractivity contribution in [2.75, 3.05) is 19.1 Å². The van der Waals surface area contributed by atoms with E-state index in [1.165, 1.54) is 23.1 Å². The Kier molecular flexibility index (Phi) is 5.37. The van der Waals surface area contributed by atoms with Gasteiger partial charge in [0.25, 0.3) is 0 Å². The minimum Gasteiger partial charge on any atom is -0.454 e. The van der Waals surface area contributed by atoms with Crippen LogP contribution in [0.25, 0.3) is 0 Å². The number of likely N-dealkylation sites (N-methyl/N-ethyl adjacent to an activating group) is 1. The van der Waals surface area contributed by atoms with Crippen molar-refractivity contribution in [3.63, 3.8) is 0 Å². The molecule has 0 fully saturated rings. The number of aromatic nitrogens is 1. The Morgan fingerprint density at radius 3 is 3.00 bits per heavy atom. The zero-order valence-electron chi connectivity index (χ0n) is 13.0. The molecule has 0 saturated carbocycles. The minimum atomic E-state index is -0.0456. The molecule has 2 heterocycles. The number of nitrogens with zero attached hydrogens (tertiary/aromatic N) is 1. The van der Waals surface area contributed by atoms with Crippen molar-refractivity contribution in [1.29, 1.82) is 0 Å². The van der Waals surface area contributed by atoms with Crippen molar-refractivity contribution < 1.29 is 19.1 Å². The first kappa shape index (κ1) is 16.8. The molecule has 24 heavy (non-hydrogen) atoms. The van der Waals surface area contributed by atoms with Crippen LogP contribution in [0.3, 0.4) is 0 Å². The third kappa shape index (κ3) is 4.07. The molecule has 2 aromatic rings. The van der Waals surface area contributed by atoms with Crippen LogP contribution in [0.2, 0.25) is 0 Å². The van der Waals surface area contributed by atoms with Gasteiger partial charge in [0.15, 0.2) is 21.6 Å². The number of hydrogen-bond donors (Lipinski definition) is 1. The number of thiazole rings is 1. The van der Waals surface area contributed by atoms with E-state index < -0.39 is 0 Å². The van der Waals surface area contributed by atoms with Crippen molar-refractivity contribution in [2.45, 2.75) is 17.7 Å². The molecule has 126 valence electrons. The van der Waals surface area contributed by atoms with E-state index in [0.717, 1.165) is 10.0 Å². The van der Waals surface area contributed by atoms with Crippen LogP contribution in [-0.2, 0) is 11.2 Å². The van der Waals surface area contributed by atoms with E-state index in [0.29, 0.717) is 23.6 Å². The number of fused-ring (bicyclic) bond motifs is 1. The van der Waals surface area contributed by atoms with E-state index in [-0.39, 0.29) is 30.7 Å². The van der Waals surface area contributed by atoms with Crippen LogP contribution in [0.15, 0.2) is 27.9 Å². The summed E-state index contributed by atoms with van der Waals surface area (Å²) in [5, 5.41) is 4.59. The van der Waals surface area contributed by atoms with Crippen LogP contribution < -0.4 is 14.8 Å². The molecule has 0 atom stereocenters. The van der Waals surface area contributed by atoms with Gasteiger partial charge in [-0.3, -0.25) is 9.59 Å². The van der Waals surface area contributed by atoms with Crippen molar-refractivity contribution in [2.24, 2.45) is 0 Å². The van der Waals surface area contributed by atoms with Crippen LogP contribution in [0, 0.1) is 0 Å². The fourth-order valence-corrected chi connectivity index (χ4v) is 3.88. The normalized spacial score (nSPS) is 12.2. The Bertz CT molecular complexity index is 760. The monoisotopic (exact) mass is 364 g/mol. The highest BCUT2D eigenvalue weighted by Gasteiger charge is 2.17. The molecule has 1 aliphatic heterocycles. The summed E-state index contributed by atoms with van der Waals surface area (Å²) in [7, 11) is 0. The van der Waals surface area contributed by atoms with Gasteiger partial charge in [-0.25, -0.2) is 4.98 Å². The number of ketones is 1. The Labute approximate surface area is 147 Å². The molecular formula is C16H16N2O4S2. The van der Waals surface area contributed by atoms with Gasteiger partial charge < -0.3 is 14.8 Å². The summed E-state index contributed by atoms with van der Waals surface area (Å²) in [6.07, 6.45) is 0.265. The summed E-state index contributed by atoms with van der Waals surface area (Å²) in [6, 6.07) is 5.18. The lowest BCUT2D eigenvalue weighted by molar-refractivity contribution is -0.120. The summed E-state index contributed by atoms with van der Waals surface area (Å²) in [4.78, 5) is 28.2. The van der Waals surface area contributed by atoms with Gasteiger partial charge in [-0.15, -0.1) is 11.3 Å². The van der Waals surface area contributed by atoms with E-state index in [1.807, 2.05) is 12.3 Å². The molecule has 0 aliphatic carbocycles. The van der Waals surface area contributed by atoms with Crippen molar-refractivity contribution in [3.05, 3.63) is 34.8 Å². The lowest BCUT2D eigenvalue weighted by Crippen LogP contribution is -2.24. The van der Waals surface area contributed by atoms with Gasteiger partial charge in [0.05, 0.1) is 17.9 Å². The van der Waals surface area contributed by atoms with Crippen LogP contribution in [0.5, 0.6) is 11.5 Å². The molecular weight excluding hydrogens is 348 g/mol. The number of carbonyl (C=O) groups excluding carboxylic acids is 2. The number of Topliss-reactive ketones (excluding diaryl/α,β-unsaturated/α-hetero) is 1. The van der Waals surface area contributed by atoms with Crippen LogP contribution in [0.1, 0.15) is 23.0 Å². The average Bonchev–Trinajstić information content (AvgIpc) is 3.21. The van der Waals surface area contributed by atoms with Gasteiger partial charge in [-0.1, -0.05) is 11.8 Å². The second-order valence-electron chi connectivity index (χ2n) is 5.01. The molecule has 1 aromatic carbocycles. The van der Waals surface area contributed by atoms with Crippen molar-refractivity contribution in [3.8, 4) is 11.5 Å². The molecule has 0 spiro atoms. The number of hydrogen-bond acceptors (Lipinski definition) is 7. The molecule has 6 nitrogen and oxygen atoms in total. The molecule has 0 unspecified atom stereocenters. The molecule has 8 heteroatoms. The summed E-state index contributed by atoms with van der Waals surface area (Å²) in [6.45, 7) is 2.67. The second-order valence-corrected chi connectivity index (χ2v) is 7.10. The predicted octanol–water partition coefficient (Wildman–Crippen LogP) is 2.53. The second kappa shape index (κ2) is 7.67. The Balaban J connectivity index is 1.55. The van der Waals surface area contributed by atoms with Gasteiger partial charge in [-0.2, -0.15) is 0 Å². The Hall–Kier alpha value is -2.06. The van der Waals surface area contributed by atoms with Crippen LogP contribution in [0.4, 0.5) is 0 Å². The first-order valence-electron chi connectivity index (χ1n) is 7.42. The maximum absolute atomic E-state index is 12.3. The summed E-state index contributed by atoms with van der Waals surface area (Å²) >= 11 is 2.81. The summed E-state index contributed by atoms with van der Waals surface area (Å²) in [5.41, 5.74) is 1.31. The number of thioether (sulfide) groups is 1. The molecule has 0 bridgehead atoms. The first-order chi connectivity index (χ1) is 11.7. The van der Waals surface area contributed by atoms with Gasteiger partial charge in [0.1, 0.15) is 0 Å². The van der Waals surface area contributed by atoms with E-state index in [4.69, 9.17) is 9.47 Å². The smallest absolute Gasteiger partial charge is 0.231 e. The highest BCUT2D eigenvalue weighted by molar-refractivity contribution is 8.01. The maximum Gasteiger partial charge on any atom is 0.231 e. The molecule has 1 aromatic heterocycles. The Morgan fingerprint density at radius 1 is 1.33 bits per heavy atom. The number of rotatable bonds is 7. The fourth-order valence-electron chi connectivity index (χ4n) is 2.14. The quantitative estimate of drug-likeness (QED) is 0.601. The third-order valence-corrected chi connectivity index (χ3v) is 5.34. The number of benzene rings is 1. The lowest BCUT2D eigenvalue weighted by Gasteiger charge is -2.01. The molecule has 3 rings (SSSR count). The van der Waals surface area contributed by atoms with E-state index in [1.54, 1.807) is 18.2 Å². The van der Waals surface area contributed by atoms with Crippen molar-refractivity contribution >= 4 is 34.8 Å². The third-order valence-electron chi connectivity index (χ3n) is 3.27. The summed E-state index contributed by atoms with van der Waals surface area (Å²) < 4.78 is 11.3. The van der Waals surface area contributed by atoms with Gasteiger partial charge in [0.2, 0.25) is 12.7 Å². The predicted molar refractivity (Wildman–Crippen MR) is 92.1 cm³/mol. The number of nitrogens with one attached hydrogen (secondary N) is 1. The minimum absolute atomic E-state index is 0.00113. The van der Waals surface area contributed by atoms with Gasteiger partial charge in [-0.05, 0) is 25.1 Å². The molecule has 1 aliphatic rings. The SMILES string of the molecule is CCNC(=O)Cc1csc(SCC(=O)c2ccc3c(c2)OCO3)n1. The van der Waals surface area contributed by atoms with Gasteiger partial charge >= 0.3 is 0 Å². The lowest BCUT2D eigenvalue weighted by atomic mass is 10.1.